The van der Waals surface area contributed by atoms with Gasteiger partial charge in [-0.1, -0.05) is 24.3 Å². The summed E-state index contributed by atoms with van der Waals surface area (Å²) in [7, 11) is 0. The number of nitrogens with one attached hydrogen (secondary N) is 1. The summed E-state index contributed by atoms with van der Waals surface area (Å²) in [5, 5.41) is 12.0. The molecule has 0 unspecified atom stereocenters. The van der Waals surface area contributed by atoms with Gasteiger partial charge in [-0.15, -0.1) is 0 Å². The van der Waals surface area contributed by atoms with Crippen molar-refractivity contribution in [2.75, 3.05) is 5.32 Å². The van der Waals surface area contributed by atoms with E-state index < -0.39 is 5.97 Å². The summed E-state index contributed by atoms with van der Waals surface area (Å²) in [6.07, 6.45) is 6.34. The Kier molecular flexibility index (Phi) is 3.69. The summed E-state index contributed by atoms with van der Waals surface area (Å²) in [5.74, 6) is -0.138. The van der Waals surface area contributed by atoms with Crippen molar-refractivity contribution in [3.05, 3.63) is 65.4 Å². The van der Waals surface area contributed by atoms with Crippen LogP contribution in [0.25, 0.3) is 6.08 Å². The number of aromatic nitrogens is 1. The first kappa shape index (κ1) is 13.4. The Morgan fingerprint density at radius 3 is 2.48 bits per heavy atom. The highest BCUT2D eigenvalue weighted by Gasteiger charge is 2.20. The van der Waals surface area contributed by atoms with E-state index in [1.165, 1.54) is 17.2 Å². The molecule has 106 valence electrons. The van der Waals surface area contributed by atoms with Crippen molar-refractivity contribution in [1.82, 2.24) is 4.98 Å². The van der Waals surface area contributed by atoms with Crippen molar-refractivity contribution in [3.63, 3.8) is 0 Å². The van der Waals surface area contributed by atoms with Crippen LogP contribution in [-0.4, -0.2) is 22.1 Å². The smallest absolute Gasteiger partial charge is 0.328 e. The van der Waals surface area contributed by atoms with E-state index in [9.17, 15) is 4.79 Å². The van der Waals surface area contributed by atoms with Crippen molar-refractivity contribution in [1.29, 1.82) is 0 Å². The molecule has 4 nitrogen and oxygen atoms in total. The second-order valence-corrected chi connectivity index (χ2v) is 5.17. The second-order valence-electron chi connectivity index (χ2n) is 5.17. The van der Waals surface area contributed by atoms with E-state index in [1.807, 2.05) is 12.1 Å². The predicted octanol–water partition coefficient (Wildman–Crippen LogP) is 2.76. The van der Waals surface area contributed by atoms with Gasteiger partial charge in [0.2, 0.25) is 0 Å². The van der Waals surface area contributed by atoms with Crippen LogP contribution in [0.4, 0.5) is 5.82 Å². The van der Waals surface area contributed by atoms with Gasteiger partial charge in [0.15, 0.2) is 0 Å². The van der Waals surface area contributed by atoms with Crippen LogP contribution in [0.2, 0.25) is 0 Å². The maximum absolute atomic E-state index is 10.5. The van der Waals surface area contributed by atoms with E-state index >= 15 is 0 Å². The Labute approximate surface area is 123 Å². The lowest BCUT2D eigenvalue weighted by Crippen LogP contribution is -2.20. The van der Waals surface area contributed by atoms with E-state index in [0.29, 0.717) is 6.04 Å². The van der Waals surface area contributed by atoms with Crippen LogP contribution in [0.5, 0.6) is 0 Å². The third-order valence-electron chi connectivity index (χ3n) is 3.61. The molecule has 0 saturated heterocycles. The molecule has 0 aliphatic heterocycles. The van der Waals surface area contributed by atoms with Crippen molar-refractivity contribution in [3.8, 4) is 0 Å². The highest BCUT2D eigenvalue weighted by Crippen LogP contribution is 2.23. The van der Waals surface area contributed by atoms with Gasteiger partial charge in [-0.25, -0.2) is 9.78 Å². The number of carboxylic acids is 1. The molecule has 3 rings (SSSR count). The van der Waals surface area contributed by atoms with Crippen LogP contribution in [0, 0.1) is 0 Å². The van der Waals surface area contributed by atoms with Gasteiger partial charge in [-0.3, -0.25) is 0 Å². The third kappa shape index (κ3) is 3.28. The lowest BCUT2D eigenvalue weighted by Gasteiger charge is -2.12. The molecule has 1 aliphatic carbocycles. The number of hydrogen-bond donors (Lipinski definition) is 2. The van der Waals surface area contributed by atoms with E-state index in [4.69, 9.17) is 5.11 Å². The molecule has 4 heteroatoms. The summed E-state index contributed by atoms with van der Waals surface area (Å²) in [5.41, 5.74) is 3.57. The zero-order valence-corrected chi connectivity index (χ0v) is 11.5. The lowest BCUT2D eigenvalue weighted by atomic mass is 10.1. The van der Waals surface area contributed by atoms with Gasteiger partial charge < -0.3 is 10.4 Å². The highest BCUT2D eigenvalue weighted by molar-refractivity contribution is 5.85. The van der Waals surface area contributed by atoms with Crippen molar-refractivity contribution in [2.45, 2.75) is 18.9 Å². The molecular weight excluding hydrogens is 264 g/mol. The molecule has 0 bridgehead atoms. The number of pyridine rings is 1. The SMILES string of the molecule is O=C(O)C=Cc1ccc(NC2Cc3ccccc3C2)nc1. The quantitative estimate of drug-likeness (QED) is 0.845. The maximum atomic E-state index is 10.5. The average Bonchev–Trinajstić information content (AvgIpc) is 2.88. The Morgan fingerprint density at radius 1 is 1.19 bits per heavy atom. The van der Waals surface area contributed by atoms with Crippen molar-refractivity contribution >= 4 is 17.9 Å². The molecule has 21 heavy (non-hydrogen) atoms. The van der Waals surface area contributed by atoms with Crippen molar-refractivity contribution < 1.29 is 9.90 Å². The first-order valence-corrected chi connectivity index (χ1v) is 6.91. The predicted molar refractivity (Wildman–Crippen MR) is 82.2 cm³/mol. The highest BCUT2D eigenvalue weighted by atomic mass is 16.4. The van der Waals surface area contributed by atoms with Crippen LogP contribution < -0.4 is 5.32 Å². The molecule has 2 aromatic rings. The molecular formula is C17H16N2O2. The number of rotatable bonds is 4. The summed E-state index contributed by atoms with van der Waals surface area (Å²) in [6, 6.07) is 12.6. The van der Waals surface area contributed by atoms with Gasteiger partial charge in [-0.2, -0.15) is 0 Å². The van der Waals surface area contributed by atoms with E-state index in [1.54, 1.807) is 6.20 Å². The van der Waals surface area contributed by atoms with Crippen LogP contribution >= 0.6 is 0 Å². The number of hydrogen-bond acceptors (Lipinski definition) is 3. The zero-order chi connectivity index (χ0) is 14.7. The fourth-order valence-corrected chi connectivity index (χ4v) is 2.63. The Morgan fingerprint density at radius 2 is 1.90 bits per heavy atom. The van der Waals surface area contributed by atoms with E-state index in [-0.39, 0.29) is 0 Å². The van der Waals surface area contributed by atoms with Crippen LogP contribution in [0.3, 0.4) is 0 Å². The minimum absolute atomic E-state index is 0.371. The Hall–Kier alpha value is -2.62. The lowest BCUT2D eigenvalue weighted by molar-refractivity contribution is -0.131. The monoisotopic (exact) mass is 280 g/mol. The minimum Gasteiger partial charge on any atom is -0.478 e. The zero-order valence-electron chi connectivity index (χ0n) is 11.5. The first-order valence-electron chi connectivity index (χ1n) is 6.91. The molecule has 0 radical (unpaired) electrons. The molecule has 1 aliphatic rings. The standard InChI is InChI=1S/C17H16N2O2/c20-17(21)8-6-12-5-7-16(18-11-12)19-15-9-13-3-1-2-4-14(13)10-15/h1-8,11,15H,9-10H2,(H,18,19)(H,20,21). The molecule has 0 saturated carbocycles. The van der Waals surface area contributed by atoms with Gasteiger partial charge in [-0.05, 0) is 47.7 Å². The Balaban J connectivity index is 1.63. The van der Waals surface area contributed by atoms with Gasteiger partial charge in [0.25, 0.3) is 0 Å². The number of carboxylic acid groups (broad SMARTS) is 1. The number of nitrogens with zero attached hydrogens (tertiary/aromatic N) is 1. The number of anilines is 1. The molecule has 2 N–H and O–H groups in total. The fraction of sp³-hybridized carbons (Fsp3) is 0.176. The van der Waals surface area contributed by atoms with Crippen LogP contribution in [-0.2, 0) is 17.6 Å². The first-order chi connectivity index (χ1) is 10.2. The van der Waals surface area contributed by atoms with E-state index in [2.05, 4.69) is 34.6 Å². The largest absolute Gasteiger partial charge is 0.478 e. The number of benzene rings is 1. The topological polar surface area (TPSA) is 62.2 Å². The molecule has 0 atom stereocenters. The van der Waals surface area contributed by atoms with E-state index in [0.717, 1.165) is 30.3 Å². The molecule has 0 spiro atoms. The maximum Gasteiger partial charge on any atom is 0.328 e. The van der Waals surface area contributed by atoms with Crippen molar-refractivity contribution in [2.24, 2.45) is 0 Å². The average molecular weight is 280 g/mol. The normalized spacial score (nSPS) is 14.3. The van der Waals surface area contributed by atoms with Gasteiger partial charge in [0.1, 0.15) is 5.82 Å². The minimum atomic E-state index is -0.957. The summed E-state index contributed by atoms with van der Waals surface area (Å²) < 4.78 is 0. The summed E-state index contributed by atoms with van der Waals surface area (Å²) in [4.78, 5) is 14.8. The number of aliphatic carboxylic acids is 1. The number of carbonyl (C=O) groups is 1. The Bertz CT molecular complexity index is 652. The second kappa shape index (κ2) is 5.79. The summed E-state index contributed by atoms with van der Waals surface area (Å²) in [6.45, 7) is 0. The van der Waals surface area contributed by atoms with Gasteiger partial charge >= 0.3 is 5.97 Å². The fourth-order valence-electron chi connectivity index (χ4n) is 2.63. The third-order valence-corrected chi connectivity index (χ3v) is 3.61. The molecule has 1 heterocycles. The van der Waals surface area contributed by atoms with Gasteiger partial charge in [0.05, 0.1) is 0 Å². The van der Waals surface area contributed by atoms with Crippen LogP contribution in [0.1, 0.15) is 16.7 Å². The molecule has 0 fully saturated rings. The molecule has 1 aromatic heterocycles. The summed E-state index contributed by atoms with van der Waals surface area (Å²) >= 11 is 0. The molecule has 1 aromatic carbocycles. The van der Waals surface area contributed by atoms with Gasteiger partial charge in [0, 0.05) is 18.3 Å². The van der Waals surface area contributed by atoms with Crippen LogP contribution in [0.15, 0.2) is 48.7 Å². The number of fused-ring (bicyclic) bond motifs is 1. The molecule has 0 amide bonds.